The largest absolute Gasteiger partial charge is 0.387 e. The van der Waals surface area contributed by atoms with Crippen molar-refractivity contribution in [2.24, 2.45) is 0 Å². The first kappa shape index (κ1) is 18.5. The van der Waals surface area contributed by atoms with Crippen molar-refractivity contribution in [1.29, 1.82) is 0 Å². The van der Waals surface area contributed by atoms with Crippen molar-refractivity contribution >= 4 is 5.91 Å². The van der Waals surface area contributed by atoms with E-state index in [1.807, 2.05) is 27.7 Å². The predicted molar refractivity (Wildman–Crippen MR) is 81.3 cm³/mol. The Kier molecular flexibility index (Phi) is 6.44. The van der Waals surface area contributed by atoms with Crippen molar-refractivity contribution in [2.75, 3.05) is 19.6 Å². The molecule has 0 aliphatic rings. The van der Waals surface area contributed by atoms with Crippen LogP contribution in [0, 0.1) is 11.6 Å². The van der Waals surface area contributed by atoms with E-state index in [0.717, 1.165) is 18.2 Å². The van der Waals surface area contributed by atoms with Gasteiger partial charge in [-0.25, -0.2) is 8.78 Å². The van der Waals surface area contributed by atoms with E-state index in [4.69, 9.17) is 0 Å². The maximum Gasteiger partial charge on any atom is 0.234 e. The molecule has 4 nitrogen and oxygen atoms in total. The summed E-state index contributed by atoms with van der Waals surface area (Å²) in [5.41, 5.74) is -0.446. The normalized spacial score (nSPS) is 13.3. The molecule has 22 heavy (non-hydrogen) atoms. The molecule has 0 spiro atoms. The molecule has 0 fully saturated rings. The van der Waals surface area contributed by atoms with Crippen LogP contribution >= 0.6 is 0 Å². The molecule has 1 amide bonds. The lowest BCUT2D eigenvalue weighted by Gasteiger charge is -2.26. The monoisotopic (exact) mass is 314 g/mol. The fraction of sp³-hybridized carbons (Fsp3) is 0.562. The van der Waals surface area contributed by atoms with Crippen LogP contribution in [-0.4, -0.2) is 41.1 Å². The van der Waals surface area contributed by atoms with Gasteiger partial charge in [-0.2, -0.15) is 0 Å². The van der Waals surface area contributed by atoms with E-state index in [-0.39, 0.29) is 30.1 Å². The predicted octanol–water partition coefficient (Wildman–Crippen LogP) is 2.23. The second-order valence-corrected chi connectivity index (χ2v) is 6.31. The van der Waals surface area contributed by atoms with Crippen LogP contribution < -0.4 is 5.32 Å². The van der Waals surface area contributed by atoms with E-state index in [2.05, 4.69) is 5.32 Å². The maximum absolute atomic E-state index is 13.6. The molecule has 1 unspecified atom stereocenters. The van der Waals surface area contributed by atoms with Gasteiger partial charge in [-0.05, 0) is 45.5 Å². The lowest BCUT2D eigenvalue weighted by molar-refractivity contribution is -0.123. The number of amides is 1. The van der Waals surface area contributed by atoms with Crippen LogP contribution in [-0.2, 0) is 4.79 Å². The molecule has 6 heteroatoms. The highest BCUT2D eigenvalue weighted by atomic mass is 19.1. The highest BCUT2D eigenvalue weighted by Gasteiger charge is 2.20. The number of hydrogen-bond donors (Lipinski definition) is 2. The molecule has 0 aliphatic heterocycles. The van der Waals surface area contributed by atoms with Gasteiger partial charge in [0.05, 0.1) is 12.6 Å². The zero-order valence-electron chi connectivity index (χ0n) is 13.5. The standard InChI is InChI=1S/C16H24F2N2O2/c1-5-20(10-15(22)19-16(2,3)4)9-14(21)12-8-11(17)6-7-13(12)18/h6-8,14,21H,5,9-10H2,1-4H3,(H,19,22). The van der Waals surface area contributed by atoms with Crippen LogP contribution in [0.4, 0.5) is 8.78 Å². The number of carbonyl (C=O) groups excluding carboxylic acids is 1. The van der Waals surface area contributed by atoms with Gasteiger partial charge in [0, 0.05) is 17.6 Å². The molecule has 1 atom stereocenters. The number of halogens is 2. The molecule has 0 saturated heterocycles. The van der Waals surface area contributed by atoms with Gasteiger partial charge in [0.25, 0.3) is 0 Å². The molecule has 0 saturated carbocycles. The summed E-state index contributed by atoms with van der Waals surface area (Å²) in [5.74, 6) is -1.45. The number of carbonyl (C=O) groups is 1. The quantitative estimate of drug-likeness (QED) is 0.847. The third kappa shape index (κ3) is 6.07. The van der Waals surface area contributed by atoms with Gasteiger partial charge in [0.15, 0.2) is 0 Å². The zero-order chi connectivity index (χ0) is 16.9. The van der Waals surface area contributed by atoms with Gasteiger partial charge >= 0.3 is 0 Å². The van der Waals surface area contributed by atoms with Crippen molar-refractivity contribution in [1.82, 2.24) is 10.2 Å². The highest BCUT2D eigenvalue weighted by molar-refractivity contribution is 5.78. The molecule has 0 heterocycles. The molecule has 0 aromatic heterocycles. The van der Waals surface area contributed by atoms with E-state index in [0.29, 0.717) is 6.54 Å². The van der Waals surface area contributed by atoms with Crippen molar-refractivity contribution < 1.29 is 18.7 Å². The minimum absolute atomic E-state index is 0.0500. The van der Waals surface area contributed by atoms with Crippen molar-refractivity contribution in [3.63, 3.8) is 0 Å². The van der Waals surface area contributed by atoms with Gasteiger partial charge in [0.2, 0.25) is 5.91 Å². The highest BCUT2D eigenvalue weighted by Crippen LogP contribution is 2.19. The fourth-order valence-electron chi connectivity index (χ4n) is 2.08. The average molecular weight is 314 g/mol. The smallest absolute Gasteiger partial charge is 0.234 e. The van der Waals surface area contributed by atoms with Crippen molar-refractivity contribution in [2.45, 2.75) is 39.3 Å². The van der Waals surface area contributed by atoms with Crippen molar-refractivity contribution in [3.05, 3.63) is 35.4 Å². The van der Waals surface area contributed by atoms with E-state index < -0.39 is 17.7 Å². The summed E-state index contributed by atoms with van der Waals surface area (Å²) in [7, 11) is 0. The van der Waals surface area contributed by atoms with E-state index in [1.165, 1.54) is 0 Å². The molecular formula is C16H24F2N2O2. The zero-order valence-corrected chi connectivity index (χ0v) is 13.5. The first-order chi connectivity index (χ1) is 10.1. The summed E-state index contributed by atoms with van der Waals surface area (Å²) in [6, 6.07) is 2.96. The summed E-state index contributed by atoms with van der Waals surface area (Å²) < 4.78 is 26.8. The molecule has 0 aliphatic carbocycles. The molecule has 1 rings (SSSR count). The first-order valence-electron chi connectivity index (χ1n) is 7.28. The Labute approximate surface area is 130 Å². The minimum Gasteiger partial charge on any atom is -0.387 e. The average Bonchev–Trinajstić information content (AvgIpc) is 2.38. The number of nitrogens with one attached hydrogen (secondary N) is 1. The number of benzene rings is 1. The topological polar surface area (TPSA) is 52.6 Å². The van der Waals surface area contributed by atoms with E-state index >= 15 is 0 Å². The van der Waals surface area contributed by atoms with Crippen LogP contribution in [0.1, 0.15) is 39.4 Å². The van der Waals surface area contributed by atoms with Gasteiger partial charge in [-0.1, -0.05) is 6.92 Å². The Hall–Kier alpha value is -1.53. The molecule has 0 radical (unpaired) electrons. The van der Waals surface area contributed by atoms with E-state index in [1.54, 1.807) is 4.90 Å². The SMILES string of the molecule is CCN(CC(=O)NC(C)(C)C)CC(O)c1cc(F)ccc1F. The number of hydrogen-bond acceptors (Lipinski definition) is 3. The van der Waals surface area contributed by atoms with Gasteiger partial charge in [-0.15, -0.1) is 0 Å². The lowest BCUT2D eigenvalue weighted by atomic mass is 10.1. The van der Waals surface area contributed by atoms with Gasteiger partial charge < -0.3 is 10.4 Å². The molecule has 124 valence electrons. The Morgan fingerprint density at radius 2 is 2.00 bits per heavy atom. The van der Waals surface area contributed by atoms with Crippen LogP contribution in [0.5, 0.6) is 0 Å². The molecule has 2 N–H and O–H groups in total. The lowest BCUT2D eigenvalue weighted by Crippen LogP contribution is -2.46. The van der Waals surface area contributed by atoms with Crippen LogP contribution in [0.25, 0.3) is 0 Å². The third-order valence-corrected chi connectivity index (χ3v) is 3.08. The Balaban J connectivity index is 2.69. The minimum atomic E-state index is -1.20. The number of aliphatic hydroxyl groups is 1. The Bertz CT molecular complexity index is 515. The second kappa shape index (κ2) is 7.65. The van der Waals surface area contributed by atoms with Gasteiger partial charge in [0.1, 0.15) is 11.6 Å². The number of nitrogens with zero attached hydrogens (tertiary/aromatic N) is 1. The number of rotatable bonds is 6. The first-order valence-corrected chi connectivity index (χ1v) is 7.28. The Morgan fingerprint density at radius 3 is 2.55 bits per heavy atom. The summed E-state index contributed by atoms with van der Waals surface area (Å²) in [5, 5.41) is 12.9. The molecular weight excluding hydrogens is 290 g/mol. The van der Waals surface area contributed by atoms with Crippen molar-refractivity contribution in [3.8, 4) is 0 Å². The van der Waals surface area contributed by atoms with Gasteiger partial charge in [-0.3, -0.25) is 9.69 Å². The van der Waals surface area contributed by atoms with Crippen LogP contribution in [0.3, 0.4) is 0 Å². The summed E-state index contributed by atoms with van der Waals surface area (Å²) in [4.78, 5) is 13.6. The molecule has 0 bridgehead atoms. The summed E-state index contributed by atoms with van der Waals surface area (Å²) in [6.45, 7) is 8.09. The molecule has 1 aromatic carbocycles. The number of aliphatic hydroxyl groups excluding tert-OH is 1. The van der Waals surface area contributed by atoms with Crippen LogP contribution in [0.2, 0.25) is 0 Å². The number of likely N-dealkylation sites (N-methyl/N-ethyl adjacent to an activating group) is 1. The van der Waals surface area contributed by atoms with E-state index in [9.17, 15) is 18.7 Å². The Morgan fingerprint density at radius 1 is 1.36 bits per heavy atom. The van der Waals surface area contributed by atoms with Crippen LogP contribution in [0.15, 0.2) is 18.2 Å². The summed E-state index contributed by atoms with van der Waals surface area (Å²) in [6.07, 6.45) is -1.20. The fourth-order valence-corrected chi connectivity index (χ4v) is 2.08. The summed E-state index contributed by atoms with van der Waals surface area (Å²) >= 11 is 0. The second-order valence-electron chi connectivity index (χ2n) is 6.31. The molecule has 1 aromatic rings. The third-order valence-electron chi connectivity index (χ3n) is 3.08. The maximum atomic E-state index is 13.6.